The maximum absolute atomic E-state index is 6.72. The molecule has 1 aliphatic rings. The van der Waals surface area contributed by atoms with Crippen LogP contribution >= 0.6 is 11.6 Å². The number of rotatable bonds is 12. The summed E-state index contributed by atoms with van der Waals surface area (Å²) < 4.78 is 6.32. The Morgan fingerprint density at radius 1 is 0.875 bits per heavy atom. The first-order chi connectivity index (χ1) is 19.4. The lowest BCUT2D eigenvalue weighted by atomic mass is 9.91. The molecule has 40 heavy (non-hydrogen) atoms. The Morgan fingerprint density at radius 2 is 1.57 bits per heavy atom. The van der Waals surface area contributed by atoms with Gasteiger partial charge in [0.15, 0.2) is 0 Å². The molecule has 214 valence electrons. The number of likely N-dealkylation sites (tertiary alicyclic amines) is 1. The molecule has 0 saturated carbocycles. The lowest BCUT2D eigenvalue weighted by Gasteiger charge is -2.27. The van der Waals surface area contributed by atoms with E-state index in [1.54, 1.807) is 0 Å². The van der Waals surface area contributed by atoms with Crippen LogP contribution in [0.1, 0.15) is 72.9 Å². The van der Waals surface area contributed by atoms with Gasteiger partial charge in [-0.15, -0.1) is 0 Å². The number of benzene rings is 3. The molecular formula is C36H47ClN2O. The van der Waals surface area contributed by atoms with Gasteiger partial charge in [-0.2, -0.15) is 0 Å². The topological polar surface area (TPSA) is 15.7 Å². The van der Waals surface area contributed by atoms with Crippen molar-refractivity contribution in [1.82, 2.24) is 9.80 Å². The predicted octanol–water partition coefficient (Wildman–Crippen LogP) is 9.24. The Balaban J connectivity index is 1.46. The zero-order valence-electron chi connectivity index (χ0n) is 25.2. The minimum absolute atomic E-state index is 0.494. The van der Waals surface area contributed by atoms with Gasteiger partial charge in [0.2, 0.25) is 0 Å². The van der Waals surface area contributed by atoms with Gasteiger partial charge in [-0.1, -0.05) is 80.4 Å². The summed E-state index contributed by atoms with van der Waals surface area (Å²) in [5, 5.41) is 0.697. The van der Waals surface area contributed by atoms with Crippen molar-refractivity contribution in [2.75, 3.05) is 32.7 Å². The predicted molar refractivity (Wildman–Crippen MR) is 172 cm³/mol. The second-order valence-electron chi connectivity index (χ2n) is 11.2. The quantitative estimate of drug-likeness (QED) is 0.220. The van der Waals surface area contributed by atoms with Gasteiger partial charge in [-0.05, 0) is 123 Å². The van der Waals surface area contributed by atoms with Crippen LogP contribution in [-0.4, -0.2) is 42.5 Å². The molecule has 0 atom stereocenters. The largest absolute Gasteiger partial charge is 0.487 e. The number of aryl methyl sites for hydroxylation is 1. The van der Waals surface area contributed by atoms with Crippen molar-refractivity contribution in [3.05, 3.63) is 93.0 Å². The van der Waals surface area contributed by atoms with Gasteiger partial charge in [0, 0.05) is 13.1 Å². The van der Waals surface area contributed by atoms with E-state index in [0.717, 1.165) is 38.3 Å². The summed E-state index contributed by atoms with van der Waals surface area (Å²) in [6, 6.07) is 17.4. The Kier molecular flexibility index (Phi) is 11.3. The van der Waals surface area contributed by atoms with Crippen molar-refractivity contribution in [1.29, 1.82) is 0 Å². The number of hydrogen-bond acceptors (Lipinski definition) is 3. The standard InChI is InChI=1S/C36H47ClN2O/c1-6-38(7-2)20-12-9-15-30-16-13-18-33(28(30)4)34-19-14-17-31(29(34)5)26-40-36-23-27(3)32(24-35(36)37)25-39-21-10-8-11-22-39/h9,13-19,23-24H,6-8,10-12,20-22,25-26H2,1-5H3/b15-9+. The van der Waals surface area contributed by atoms with Crippen LogP contribution in [0.2, 0.25) is 5.02 Å². The first kappa shape index (κ1) is 30.4. The highest BCUT2D eigenvalue weighted by molar-refractivity contribution is 6.32. The number of nitrogens with zero attached hydrogens (tertiary/aromatic N) is 2. The van der Waals surface area contributed by atoms with E-state index in [1.807, 2.05) is 0 Å². The number of hydrogen-bond donors (Lipinski definition) is 0. The second kappa shape index (κ2) is 14.9. The summed E-state index contributed by atoms with van der Waals surface area (Å²) >= 11 is 6.72. The van der Waals surface area contributed by atoms with Crippen LogP contribution in [0.3, 0.4) is 0 Å². The summed E-state index contributed by atoms with van der Waals surface area (Å²) in [6.45, 7) is 18.2. The number of ether oxygens (including phenoxy) is 1. The lowest BCUT2D eigenvalue weighted by molar-refractivity contribution is 0.220. The zero-order chi connectivity index (χ0) is 28.5. The molecule has 4 heteroatoms. The molecule has 0 aromatic heterocycles. The zero-order valence-corrected chi connectivity index (χ0v) is 26.0. The van der Waals surface area contributed by atoms with Gasteiger partial charge in [0.05, 0.1) is 5.02 Å². The highest BCUT2D eigenvalue weighted by atomic mass is 35.5. The molecule has 0 spiro atoms. The minimum atomic E-state index is 0.494. The maximum Gasteiger partial charge on any atom is 0.138 e. The van der Waals surface area contributed by atoms with Crippen molar-refractivity contribution in [2.24, 2.45) is 0 Å². The van der Waals surface area contributed by atoms with Crippen LogP contribution in [0.5, 0.6) is 5.75 Å². The Morgan fingerprint density at radius 3 is 2.30 bits per heavy atom. The van der Waals surface area contributed by atoms with Crippen molar-refractivity contribution < 1.29 is 4.74 Å². The molecule has 1 aliphatic heterocycles. The van der Waals surface area contributed by atoms with Crippen LogP contribution < -0.4 is 4.74 Å². The van der Waals surface area contributed by atoms with Crippen molar-refractivity contribution >= 4 is 17.7 Å². The van der Waals surface area contributed by atoms with Crippen LogP contribution in [-0.2, 0) is 13.2 Å². The molecule has 0 unspecified atom stereocenters. The Labute approximate surface area is 247 Å². The van der Waals surface area contributed by atoms with Gasteiger partial charge in [0.25, 0.3) is 0 Å². The fraction of sp³-hybridized carbons (Fsp3) is 0.444. The van der Waals surface area contributed by atoms with Crippen molar-refractivity contribution in [3.8, 4) is 16.9 Å². The molecule has 4 rings (SSSR count). The summed E-state index contributed by atoms with van der Waals surface area (Å²) in [5.41, 5.74) is 10.1. The highest BCUT2D eigenvalue weighted by Crippen LogP contribution is 2.33. The molecule has 3 aromatic rings. The Bertz CT molecular complexity index is 1290. The third-order valence-corrected chi connectivity index (χ3v) is 8.83. The average Bonchev–Trinajstić information content (AvgIpc) is 2.96. The van der Waals surface area contributed by atoms with Crippen LogP contribution in [0, 0.1) is 20.8 Å². The maximum atomic E-state index is 6.72. The van der Waals surface area contributed by atoms with Gasteiger partial charge < -0.3 is 9.64 Å². The molecule has 0 N–H and O–H groups in total. The van der Waals surface area contributed by atoms with Gasteiger partial charge in [-0.25, -0.2) is 0 Å². The first-order valence-electron chi connectivity index (χ1n) is 15.1. The van der Waals surface area contributed by atoms with Crippen LogP contribution in [0.25, 0.3) is 17.2 Å². The van der Waals surface area contributed by atoms with Gasteiger partial charge in [0.1, 0.15) is 12.4 Å². The van der Waals surface area contributed by atoms with E-state index in [1.165, 1.54) is 76.9 Å². The van der Waals surface area contributed by atoms with Gasteiger partial charge >= 0.3 is 0 Å². The van der Waals surface area contributed by atoms with E-state index >= 15 is 0 Å². The third kappa shape index (κ3) is 7.78. The Hall–Kier alpha value is -2.59. The molecule has 1 saturated heterocycles. The molecule has 3 nitrogen and oxygen atoms in total. The van der Waals surface area contributed by atoms with E-state index in [0.29, 0.717) is 11.6 Å². The third-order valence-electron chi connectivity index (χ3n) is 8.53. The fourth-order valence-electron chi connectivity index (χ4n) is 5.76. The number of halogens is 1. The van der Waals surface area contributed by atoms with E-state index in [4.69, 9.17) is 16.3 Å². The summed E-state index contributed by atoms with van der Waals surface area (Å²) in [7, 11) is 0. The molecule has 1 heterocycles. The second-order valence-corrected chi connectivity index (χ2v) is 11.6. The summed E-state index contributed by atoms with van der Waals surface area (Å²) in [4.78, 5) is 5.00. The molecule has 0 bridgehead atoms. The number of piperidine rings is 1. The summed E-state index contributed by atoms with van der Waals surface area (Å²) in [6.07, 6.45) is 9.60. The molecule has 0 amide bonds. The van der Waals surface area contributed by atoms with E-state index < -0.39 is 0 Å². The molecule has 3 aromatic carbocycles. The minimum Gasteiger partial charge on any atom is -0.487 e. The normalized spacial score (nSPS) is 14.4. The lowest BCUT2D eigenvalue weighted by Crippen LogP contribution is -2.29. The fourth-order valence-corrected chi connectivity index (χ4v) is 6.00. The van der Waals surface area contributed by atoms with E-state index in [2.05, 4.69) is 105 Å². The van der Waals surface area contributed by atoms with E-state index in [9.17, 15) is 0 Å². The smallest absolute Gasteiger partial charge is 0.138 e. The first-order valence-corrected chi connectivity index (χ1v) is 15.5. The monoisotopic (exact) mass is 558 g/mol. The average molecular weight is 559 g/mol. The van der Waals surface area contributed by atoms with Crippen molar-refractivity contribution in [3.63, 3.8) is 0 Å². The van der Waals surface area contributed by atoms with Crippen LogP contribution in [0.4, 0.5) is 0 Å². The SMILES string of the molecule is CCN(CC)CC/C=C/c1cccc(-c2cccc(COc3cc(C)c(CN4CCCCC4)cc3Cl)c2C)c1C. The summed E-state index contributed by atoms with van der Waals surface area (Å²) in [5.74, 6) is 0.763. The van der Waals surface area contributed by atoms with Crippen LogP contribution in [0.15, 0.2) is 54.6 Å². The highest BCUT2D eigenvalue weighted by Gasteiger charge is 2.15. The van der Waals surface area contributed by atoms with E-state index in [-0.39, 0.29) is 0 Å². The molecular weight excluding hydrogens is 512 g/mol. The van der Waals surface area contributed by atoms with Crippen molar-refractivity contribution in [2.45, 2.75) is 73.5 Å². The molecule has 0 radical (unpaired) electrons. The molecule has 1 fully saturated rings. The molecule has 0 aliphatic carbocycles. The van der Waals surface area contributed by atoms with Gasteiger partial charge in [-0.3, -0.25) is 4.90 Å².